The number of amides is 1. The van der Waals surface area contributed by atoms with Crippen LogP contribution < -0.4 is 10.1 Å². The van der Waals surface area contributed by atoms with E-state index in [-0.39, 0.29) is 25.4 Å². The van der Waals surface area contributed by atoms with Gasteiger partial charge in [-0.3, -0.25) is 10.1 Å². The molecule has 1 fully saturated rings. The standard InChI is InChI=1S/C14H17F3N2O2/c1-21-11-6-3-2-5-10(11)13-18-9-12(20)19(13)8-4-7-14(15,16)17/h2-3,5-6,13,18H,4,7-9H2,1H3. The molecular formula is C14H17F3N2O2. The minimum absolute atomic E-state index is 0.0636. The number of nitrogens with zero attached hydrogens (tertiary/aromatic N) is 1. The van der Waals surface area contributed by atoms with Crippen LogP contribution in [0.3, 0.4) is 0 Å². The number of benzene rings is 1. The number of alkyl halides is 3. The van der Waals surface area contributed by atoms with Gasteiger partial charge in [0.15, 0.2) is 0 Å². The molecule has 1 amide bonds. The summed E-state index contributed by atoms with van der Waals surface area (Å²) in [5.41, 5.74) is 0.748. The van der Waals surface area contributed by atoms with Crippen molar-refractivity contribution in [3.63, 3.8) is 0 Å². The van der Waals surface area contributed by atoms with Crippen molar-refractivity contribution in [1.82, 2.24) is 10.2 Å². The topological polar surface area (TPSA) is 41.6 Å². The zero-order chi connectivity index (χ0) is 15.5. The smallest absolute Gasteiger partial charge is 0.389 e. The number of carbonyl (C=O) groups is 1. The molecule has 1 unspecified atom stereocenters. The first kappa shape index (κ1) is 15.6. The van der Waals surface area contributed by atoms with E-state index in [1.165, 1.54) is 12.0 Å². The lowest BCUT2D eigenvalue weighted by Crippen LogP contribution is -2.32. The van der Waals surface area contributed by atoms with E-state index >= 15 is 0 Å². The number of ether oxygens (including phenoxy) is 1. The SMILES string of the molecule is COc1ccccc1C1NCC(=O)N1CCCC(F)(F)F. The Kier molecular flexibility index (Phi) is 4.72. The van der Waals surface area contributed by atoms with Crippen molar-refractivity contribution >= 4 is 5.91 Å². The summed E-state index contributed by atoms with van der Waals surface area (Å²) in [5.74, 6) is 0.401. The van der Waals surface area contributed by atoms with Gasteiger partial charge in [-0.05, 0) is 12.5 Å². The number of carbonyl (C=O) groups excluding carboxylic acids is 1. The van der Waals surface area contributed by atoms with Crippen LogP contribution in [0, 0.1) is 0 Å². The van der Waals surface area contributed by atoms with Gasteiger partial charge in [-0.1, -0.05) is 18.2 Å². The molecule has 1 saturated heterocycles. The molecule has 1 N–H and O–H groups in total. The van der Waals surface area contributed by atoms with Crippen LogP contribution in [0.5, 0.6) is 5.75 Å². The molecule has 1 aliphatic heterocycles. The normalized spacial score (nSPS) is 19.1. The van der Waals surface area contributed by atoms with E-state index in [4.69, 9.17) is 4.74 Å². The molecule has 1 aromatic rings. The molecule has 0 aliphatic carbocycles. The highest BCUT2D eigenvalue weighted by Gasteiger charge is 2.34. The molecule has 2 rings (SSSR count). The summed E-state index contributed by atoms with van der Waals surface area (Å²) < 4.78 is 41.9. The molecule has 1 heterocycles. The monoisotopic (exact) mass is 302 g/mol. The van der Waals surface area contributed by atoms with Crippen LogP contribution in [0.15, 0.2) is 24.3 Å². The van der Waals surface area contributed by atoms with Crippen molar-refractivity contribution < 1.29 is 22.7 Å². The van der Waals surface area contributed by atoms with E-state index in [0.717, 1.165) is 5.56 Å². The predicted molar refractivity (Wildman–Crippen MR) is 70.7 cm³/mol. The maximum absolute atomic E-state index is 12.2. The molecule has 7 heteroatoms. The van der Waals surface area contributed by atoms with Gasteiger partial charge < -0.3 is 9.64 Å². The number of halogens is 3. The Labute approximate surface area is 120 Å². The van der Waals surface area contributed by atoms with E-state index in [9.17, 15) is 18.0 Å². The minimum Gasteiger partial charge on any atom is -0.496 e. The van der Waals surface area contributed by atoms with E-state index in [2.05, 4.69) is 5.32 Å². The quantitative estimate of drug-likeness (QED) is 0.908. The van der Waals surface area contributed by atoms with Crippen molar-refractivity contribution in [1.29, 1.82) is 0 Å². The summed E-state index contributed by atoms with van der Waals surface area (Å²) in [6.45, 7) is 0.183. The van der Waals surface area contributed by atoms with Gasteiger partial charge in [0.05, 0.1) is 13.7 Å². The number of hydrogen-bond donors (Lipinski definition) is 1. The Bertz CT molecular complexity index is 505. The molecule has 21 heavy (non-hydrogen) atoms. The second-order valence-electron chi connectivity index (χ2n) is 4.83. The molecule has 4 nitrogen and oxygen atoms in total. The van der Waals surface area contributed by atoms with Gasteiger partial charge in [0.1, 0.15) is 11.9 Å². The highest BCUT2D eigenvalue weighted by molar-refractivity contribution is 5.81. The van der Waals surface area contributed by atoms with Gasteiger partial charge in [0.2, 0.25) is 5.91 Å². The molecule has 1 aromatic carbocycles. The molecule has 0 saturated carbocycles. The molecule has 0 bridgehead atoms. The van der Waals surface area contributed by atoms with Crippen LogP contribution in [0.2, 0.25) is 0 Å². The third kappa shape index (κ3) is 3.87. The number of para-hydroxylation sites is 1. The van der Waals surface area contributed by atoms with Crippen LogP contribution in [0.25, 0.3) is 0 Å². The van der Waals surface area contributed by atoms with E-state index in [1.807, 2.05) is 0 Å². The molecule has 0 spiro atoms. The maximum Gasteiger partial charge on any atom is 0.389 e. The molecule has 116 valence electrons. The van der Waals surface area contributed by atoms with Gasteiger partial charge in [-0.2, -0.15) is 13.2 Å². The number of nitrogens with one attached hydrogen (secondary N) is 1. The van der Waals surface area contributed by atoms with Crippen LogP contribution in [-0.4, -0.2) is 37.2 Å². The lowest BCUT2D eigenvalue weighted by molar-refractivity contribution is -0.139. The zero-order valence-corrected chi connectivity index (χ0v) is 11.6. The highest BCUT2D eigenvalue weighted by Crippen LogP contribution is 2.31. The molecule has 0 radical (unpaired) electrons. The Morgan fingerprint density at radius 3 is 2.76 bits per heavy atom. The second-order valence-corrected chi connectivity index (χ2v) is 4.83. The first-order valence-corrected chi connectivity index (χ1v) is 6.65. The maximum atomic E-state index is 12.2. The first-order valence-electron chi connectivity index (χ1n) is 6.65. The van der Waals surface area contributed by atoms with Gasteiger partial charge in [0.25, 0.3) is 0 Å². The summed E-state index contributed by atoms with van der Waals surface area (Å²) in [6.07, 6.45) is -5.64. The molecule has 0 aromatic heterocycles. The van der Waals surface area contributed by atoms with Crippen molar-refractivity contribution in [3.05, 3.63) is 29.8 Å². The lowest BCUT2D eigenvalue weighted by atomic mass is 10.1. The number of rotatable bonds is 5. The van der Waals surface area contributed by atoms with E-state index < -0.39 is 18.8 Å². The number of hydrogen-bond acceptors (Lipinski definition) is 3. The van der Waals surface area contributed by atoms with Crippen molar-refractivity contribution in [2.24, 2.45) is 0 Å². The largest absolute Gasteiger partial charge is 0.496 e. The minimum atomic E-state index is -4.20. The summed E-state index contributed by atoms with van der Waals surface area (Å²) in [5, 5.41) is 3.01. The van der Waals surface area contributed by atoms with Crippen LogP contribution in [0.4, 0.5) is 13.2 Å². The lowest BCUT2D eigenvalue weighted by Gasteiger charge is -2.26. The second kappa shape index (κ2) is 6.34. The van der Waals surface area contributed by atoms with Crippen molar-refractivity contribution in [2.75, 3.05) is 20.2 Å². The Hall–Kier alpha value is -1.76. The zero-order valence-electron chi connectivity index (χ0n) is 11.6. The van der Waals surface area contributed by atoms with Gasteiger partial charge in [-0.15, -0.1) is 0 Å². The van der Waals surface area contributed by atoms with E-state index in [0.29, 0.717) is 5.75 Å². The fraction of sp³-hybridized carbons (Fsp3) is 0.500. The Morgan fingerprint density at radius 1 is 1.38 bits per heavy atom. The van der Waals surface area contributed by atoms with Crippen molar-refractivity contribution in [2.45, 2.75) is 25.2 Å². The third-order valence-electron chi connectivity index (χ3n) is 3.37. The Balaban J connectivity index is 2.09. The first-order chi connectivity index (χ1) is 9.92. The Morgan fingerprint density at radius 2 is 2.10 bits per heavy atom. The van der Waals surface area contributed by atoms with Crippen LogP contribution in [0.1, 0.15) is 24.6 Å². The highest BCUT2D eigenvalue weighted by atomic mass is 19.4. The molecule has 1 atom stereocenters. The van der Waals surface area contributed by atoms with Crippen LogP contribution in [-0.2, 0) is 4.79 Å². The number of methoxy groups -OCH3 is 1. The third-order valence-corrected chi connectivity index (χ3v) is 3.37. The average Bonchev–Trinajstić information content (AvgIpc) is 2.79. The van der Waals surface area contributed by atoms with Gasteiger partial charge >= 0.3 is 6.18 Å². The van der Waals surface area contributed by atoms with E-state index in [1.54, 1.807) is 24.3 Å². The average molecular weight is 302 g/mol. The van der Waals surface area contributed by atoms with Crippen molar-refractivity contribution in [3.8, 4) is 5.75 Å². The summed E-state index contributed by atoms with van der Waals surface area (Å²) in [6, 6.07) is 7.16. The summed E-state index contributed by atoms with van der Waals surface area (Å²) >= 11 is 0. The molecular weight excluding hydrogens is 285 g/mol. The van der Waals surface area contributed by atoms with Gasteiger partial charge in [0, 0.05) is 18.5 Å². The predicted octanol–water partition coefficient (Wildman–Crippen LogP) is 2.47. The summed E-state index contributed by atoms with van der Waals surface area (Å²) in [7, 11) is 1.52. The van der Waals surface area contributed by atoms with Gasteiger partial charge in [-0.25, -0.2) is 0 Å². The fourth-order valence-electron chi connectivity index (χ4n) is 2.41. The summed E-state index contributed by atoms with van der Waals surface area (Å²) in [4.78, 5) is 13.3. The fourth-order valence-corrected chi connectivity index (χ4v) is 2.41. The van der Waals surface area contributed by atoms with Crippen LogP contribution >= 0.6 is 0 Å². The molecule has 1 aliphatic rings.